The van der Waals surface area contributed by atoms with E-state index in [0.29, 0.717) is 0 Å². The van der Waals surface area contributed by atoms with Crippen LogP contribution in [-0.4, -0.2) is 0 Å². The van der Waals surface area contributed by atoms with E-state index < -0.39 is 0 Å². The minimum absolute atomic E-state index is 0.154. The second-order valence-electron chi connectivity index (χ2n) is 6.30. The number of hydrogen-bond acceptors (Lipinski definition) is 0. The van der Waals surface area contributed by atoms with Gasteiger partial charge < -0.3 is 0 Å². The molecule has 0 amide bonds. The molecule has 2 aromatic carbocycles. The Bertz CT molecular complexity index is 566. The van der Waals surface area contributed by atoms with Crippen LogP contribution in [0, 0.1) is 0 Å². The minimum atomic E-state index is 0.154. The fraction of sp³-hybridized carbons (Fsp3) is 0.333. The molecule has 0 radical (unpaired) electrons. The van der Waals surface area contributed by atoms with Crippen LogP contribution in [0.15, 0.2) is 54.6 Å². The molecule has 0 spiro atoms. The van der Waals surface area contributed by atoms with Crippen LogP contribution in [0.5, 0.6) is 0 Å². The molecule has 0 saturated heterocycles. The van der Waals surface area contributed by atoms with Crippen LogP contribution in [0.1, 0.15) is 43.9 Å². The second kappa shape index (κ2) is 3.71. The SMILES string of the molecule is CC1(C)CC(C)(c2ccccc2)c2ccccc21. The van der Waals surface area contributed by atoms with Gasteiger partial charge in [-0.15, -0.1) is 0 Å². The van der Waals surface area contributed by atoms with Crippen molar-refractivity contribution < 1.29 is 0 Å². The lowest BCUT2D eigenvalue weighted by atomic mass is 9.75. The summed E-state index contributed by atoms with van der Waals surface area (Å²) < 4.78 is 0. The zero-order valence-corrected chi connectivity index (χ0v) is 11.4. The molecule has 0 bridgehead atoms. The molecule has 2 aromatic rings. The summed E-state index contributed by atoms with van der Waals surface area (Å²) in [6.45, 7) is 7.11. The van der Waals surface area contributed by atoms with Crippen molar-refractivity contribution in [3.63, 3.8) is 0 Å². The van der Waals surface area contributed by atoms with E-state index in [9.17, 15) is 0 Å². The van der Waals surface area contributed by atoms with Gasteiger partial charge in [-0.2, -0.15) is 0 Å². The normalized spacial score (nSPS) is 24.8. The van der Waals surface area contributed by atoms with Gasteiger partial charge >= 0.3 is 0 Å². The molecule has 0 saturated carbocycles. The Morgan fingerprint density at radius 3 is 1.94 bits per heavy atom. The molecule has 0 heterocycles. The van der Waals surface area contributed by atoms with Crippen LogP contribution in [0.4, 0.5) is 0 Å². The topological polar surface area (TPSA) is 0 Å². The first kappa shape index (κ1) is 11.5. The summed E-state index contributed by atoms with van der Waals surface area (Å²) >= 11 is 0. The molecule has 18 heavy (non-hydrogen) atoms. The van der Waals surface area contributed by atoms with Crippen molar-refractivity contribution in [2.75, 3.05) is 0 Å². The summed E-state index contributed by atoms with van der Waals surface area (Å²) in [4.78, 5) is 0. The van der Waals surface area contributed by atoms with Gasteiger partial charge in [-0.25, -0.2) is 0 Å². The van der Waals surface area contributed by atoms with Gasteiger partial charge in [0.1, 0.15) is 0 Å². The average molecular weight is 236 g/mol. The van der Waals surface area contributed by atoms with Crippen LogP contribution in [0.3, 0.4) is 0 Å². The Kier molecular flexibility index (Phi) is 2.38. The van der Waals surface area contributed by atoms with Gasteiger partial charge in [-0.1, -0.05) is 75.4 Å². The molecule has 1 aliphatic rings. The molecule has 0 heteroatoms. The standard InChI is InChI=1S/C18H20/c1-17(2)13-18(3,14-9-5-4-6-10-14)16-12-8-7-11-15(16)17/h4-12H,13H2,1-3H3. The predicted octanol–water partition coefficient (Wildman–Crippen LogP) is 4.67. The molecule has 92 valence electrons. The fourth-order valence-electron chi connectivity index (χ4n) is 3.69. The van der Waals surface area contributed by atoms with Gasteiger partial charge in [0.05, 0.1) is 0 Å². The highest BCUT2D eigenvalue weighted by Crippen LogP contribution is 2.52. The van der Waals surface area contributed by atoms with Crippen LogP contribution < -0.4 is 0 Å². The molecule has 0 fully saturated rings. The first-order chi connectivity index (χ1) is 8.54. The Morgan fingerprint density at radius 2 is 1.28 bits per heavy atom. The lowest BCUT2D eigenvalue weighted by Gasteiger charge is -2.28. The zero-order valence-electron chi connectivity index (χ0n) is 11.4. The van der Waals surface area contributed by atoms with E-state index in [4.69, 9.17) is 0 Å². The molecule has 3 rings (SSSR count). The first-order valence-electron chi connectivity index (χ1n) is 6.70. The van der Waals surface area contributed by atoms with Crippen molar-refractivity contribution in [3.05, 3.63) is 71.3 Å². The lowest BCUT2D eigenvalue weighted by molar-refractivity contribution is 0.425. The third-order valence-electron chi connectivity index (χ3n) is 4.46. The van der Waals surface area contributed by atoms with Gasteiger partial charge in [0.15, 0.2) is 0 Å². The minimum Gasteiger partial charge on any atom is -0.0622 e. The highest BCUT2D eigenvalue weighted by molar-refractivity contribution is 5.51. The van der Waals surface area contributed by atoms with Gasteiger partial charge in [0.2, 0.25) is 0 Å². The van der Waals surface area contributed by atoms with E-state index in [2.05, 4.69) is 75.4 Å². The van der Waals surface area contributed by atoms with Gasteiger partial charge in [-0.05, 0) is 28.5 Å². The monoisotopic (exact) mass is 236 g/mol. The first-order valence-corrected chi connectivity index (χ1v) is 6.70. The molecular formula is C18H20. The van der Waals surface area contributed by atoms with E-state index in [-0.39, 0.29) is 10.8 Å². The van der Waals surface area contributed by atoms with E-state index in [0.717, 1.165) is 0 Å². The van der Waals surface area contributed by atoms with Crippen LogP contribution in [0.2, 0.25) is 0 Å². The quantitative estimate of drug-likeness (QED) is 0.674. The lowest BCUT2D eigenvalue weighted by Crippen LogP contribution is -2.23. The Morgan fingerprint density at radius 1 is 0.722 bits per heavy atom. The maximum Gasteiger partial charge on any atom is 0.0185 e. The Labute approximate surface area is 110 Å². The van der Waals surface area contributed by atoms with Gasteiger partial charge in [0, 0.05) is 5.41 Å². The Hall–Kier alpha value is -1.56. The number of fused-ring (bicyclic) bond motifs is 1. The van der Waals surface area contributed by atoms with Crippen molar-refractivity contribution in [3.8, 4) is 0 Å². The number of rotatable bonds is 1. The van der Waals surface area contributed by atoms with E-state index in [1.54, 1.807) is 0 Å². The zero-order chi connectivity index (χ0) is 12.8. The van der Waals surface area contributed by atoms with Crippen LogP contribution in [0.25, 0.3) is 0 Å². The molecule has 0 aromatic heterocycles. The molecule has 1 aliphatic carbocycles. The molecule has 1 atom stereocenters. The molecule has 0 aliphatic heterocycles. The van der Waals surface area contributed by atoms with Crippen molar-refractivity contribution >= 4 is 0 Å². The summed E-state index contributed by atoms with van der Waals surface area (Å²) in [5.41, 5.74) is 4.86. The molecule has 1 unspecified atom stereocenters. The predicted molar refractivity (Wildman–Crippen MR) is 77.0 cm³/mol. The van der Waals surface area contributed by atoms with E-state index in [1.807, 2.05) is 0 Å². The summed E-state index contributed by atoms with van der Waals surface area (Å²) in [7, 11) is 0. The van der Waals surface area contributed by atoms with Crippen LogP contribution in [-0.2, 0) is 10.8 Å². The van der Waals surface area contributed by atoms with E-state index in [1.165, 1.54) is 23.1 Å². The number of benzene rings is 2. The largest absolute Gasteiger partial charge is 0.0622 e. The maximum absolute atomic E-state index is 2.38. The Balaban J connectivity index is 2.22. The van der Waals surface area contributed by atoms with E-state index >= 15 is 0 Å². The number of hydrogen-bond donors (Lipinski definition) is 0. The smallest absolute Gasteiger partial charge is 0.0185 e. The maximum atomic E-state index is 2.38. The summed E-state index contributed by atoms with van der Waals surface area (Å²) in [5, 5.41) is 0. The molecule has 0 N–H and O–H groups in total. The third kappa shape index (κ3) is 1.52. The summed E-state index contributed by atoms with van der Waals surface area (Å²) in [6, 6.07) is 19.8. The van der Waals surface area contributed by atoms with Crippen molar-refractivity contribution in [2.45, 2.75) is 38.0 Å². The van der Waals surface area contributed by atoms with Crippen molar-refractivity contribution in [1.29, 1.82) is 0 Å². The van der Waals surface area contributed by atoms with Gasteiger partial charge in [-0.3, -0.25) is 0 Å². The molecular weight excluding hydrogens is 216 g/mol. The fourth-order valence-corrected chi connectivity index (χ4v) is 3.69. The highest BCUT2D eigenvalue weighted by Gasteiger charge is 2.45. The average Bonchev–Trinajstić information content (AvgIpc) is 2.60. The van der Waals surface area contributed by atoms with Gasteiger partial charge in [0.25, 0.3) is 0 Å². The highest BCUT2D eigenvalue weighted by atomic mass is 14.5. The van der Waals surface area contributed by atoms with Crippen molar-refractivity contribution in [1.82, 2.24) is 0 Å². The van der Waals surface area contributed by atoms with Crippen molar-refractivity contribution in [2.24, 2.45) is 0 Å². The summed E-state index contributed by atoms with van der Waals surface area (Å²) in [5.74, 6) is 0. The van der Waals surface area contributed by atoms with Crippen LogP contribution >= 0.6 is 0 Å². The summed E-state index contributed by atoms with van der Waals surface area (Å²) in [6.07, 6.45) is 1.18. The third-order valence-corrected chi connectivity index (χ3v) is 4.46. The second-order valence-corrected chi connectivity index (χ2v) is 6.30. The molecule has 0 nitrogen and oxygen atoms in total.